The molecule has 0 atom stereocenters. The van der Waals surface area contributed by atoms with E-state index in [4.69, 9.17) is 0 Å². The number of nitrogens with one attached hydrogen (secondary N) is 1. The molecule has 0 heterocycles. The first-order valence-corrected chi connectivity index (χ1v) is 3.49. The Morgan fingerprint density at radius 1 is 1.20 bits per heavy atom. The lowest BCUT2D eigenvalue weighted by molar-refractivity contribution is 1.32. The average Bonchev–Trinajstić information content (AvgIpc) is 1.95. The van der Waals surface area contributed by atoms with Crippen molar-refractivity contribution in [1.29, 1.82) is 0 Å². The van der Waals surface area contributed by atoms with Gasteiger partial charge in [-0.25, -0.2) is 0 Å². The van der Waals surface area contributed by atoms with Crippen molar-refractivity contribution in [2.45, 2.75) is 13.8 Å². The van der Waals surface area contributed by atoms with Gasteiger partial charge in [0.2, 0.25) is 0 Å². The highest BCUT2D eigenvalue weighted by molar-refractivity contribution is 5.52. The van der Waals surface area contributed by atoms with Gasteiger partial charge >= 0.3 is 0 Å². The molecule has 1 N–H and O–H groups in total. The zero-order valence-corrected chi connectivity index (χ0v) is 6.73. The van der Waals surface area contributed by atoms with Gasteiger partial charge in [-0.15, -0.1) is 0 Å². The van der Waals surface area contributed by atoms with Gasteiger partial charge in [0.1, 0.15) is 0 Å². The van der Waals surface area contributed by atoms with E-state index in [1.807, 2.05) is 7.05 Å². The Morgan fingerprint density at radius 3 is 2.40 bits per heavy atom. The second-order valence-electron chi connectivity index (χ2n) is 2.50. The van der Waals surface area contributed by atoms with E-state index in [9.17, 15) is 0 Å². The van der Waals surface area contributed by atoms with Crippen LogP contribution in [0.3, 0.4) is 0 Å². The van der Waals surface area contributed by atoms with Gasteiger partial charge in [-0.3, -0.25) is 0 Å². The van der Waals surface area contributed by atoms with E-state index in [1.165, 1.54) is 16.8 Å². The number of hydrogen-bond donors (Lipinski definition) is 1. The number of hydrogen-bond acceptors (Lipinski definition) is 1. The van der Waals surface area contributed by atoms with Crippen LogP contribution in [-0.2, 0) is 0 Å². The summed E-state index contributed by atoms with van der Waals surface area (Å²) in [6.45, 7) is 4.25. The summed E-state index contributed by atoms with van der Waals surface area (Å²) in [6.07, 6.45) is 0. The van der Waals surface area contributed by atoms with Crippen molar-refractivity contribution >= 4 is 5.69 Å². The molecule has 1 aromatic rings. The van der Waals surface area contributed by atoms with Gasteiger partial charge < -0.3 is 5.32 Å². The molecule has 0 aliphatic rings. The van der Waals surface area contributed by atoms with Crippen molar-refractivity contribution in [2.24, 2.45) is 0 Å². The SMILES string of the molecule is CNc1cccc(C)c1C. The molecule has 1 nitrogen and oxygen atoms in total. The molecule has 0 aliphatic heterocycles. The number of aryl methyl sites for hydroxylation is 1. The lowest BCUT2D eigenvalue weighted by atomic mass is 10.1. The second kappa shape index (κ2) is 2.74. The molecule has 10 heavy (non-hydrogen) atoms. The van der Waals surface area contributed by atoms with E-state index in [2.05, 4.69) is 37.4 Å². The first kappa shape index (κ1) is 7.13. The normalized spacial score (nSPS) is 9.50. The predicted octanol–water partition coefficient (Wildman–Crippen LogP) is 2.35. The highest BCUT2D eigenvalue weighted by Gasteiger charge is 1.95. The quantitative estimate of drug-likeness (QED) is 0.623. The molecule has 0 saturated carbocycles. The van der Waals surface area contributed by atoms with Crippen LogP contribution < -0.4 is 5.32 Å². The van der Waals surface area contributed by atoms with Crippen molar-refractivity contribution < 1.29 is 0 Å². The average molecular weight is 135 g/mol. The summed E-state index contributed by atoms with van der Waals surface area (Å²) in [4.78, 5) is 0. The van der Waals surface area contributed by atoms with Crippen LogP contribution in [0, 0.1) is 13.8 Å². The third-order valence-corrected chi connectivity index (χ3v) is 1.87. The maximum absolute atomic E-state index is 3.14. The van der Waals surface area contributed by atoms with Crippen molar-refractivity contribution in [2.75, 3.05) is 12.4 Å². The number of rotatable bonds is 1. The Balaban J connectivity index is 3.14. The maximum atomic E-state index is 3.14. The van der Waals surface area contributed by atoms with Crippen molar-refractivity contribution in [3.8, 4) is 0 Å². The number of anilines is 1. The van der Waals surface area contributed by atoms with Gasteiger partial charge in [0.15, 0.2) is 0 Å². The Bertz CT molecular complexity index is 228. The van der Waals surface area contributed by atoms with Gasteiger partial charge in [-0.05, 0) is 31.0 Å². The molecule has 0 bridgehead atoms. The summed E-state index contributed by atoms with van der Waals surface area (Å²) in [5.74, 6) is 0. The van der Waals surface area contributed by atoms with Gasteiger partial charge in [-0.1, -0.05) is 12.1 Å². The fraction of sp³-hybridized carbons (Fsp3) is 0.333. The molecule has 0 spiro atoms. The molecule has 0 amide bonds. The third-order valence-electron chi connectivity index (χ3n) is 1.87. The largest absolute Gasteiger partial charge is 0.388 e. The minimum Gasteiger partial charge on any atom is -0.388 e. The fourth-order valence-corrected chi connectivity index (χ4v) is 1.02. The monoisotopic (exact) mass is 135 g/mol. The zero-order chi connectivity index (χ0) is 7.56. The fourth-order valence-electron chi connectivity index (χ4n) is 1.02. The summed E-state index contributed by atoms with van der Waals surface area (Å²) in [5, 5.41) is 3.14. The summed E-state index contributed by atoms with van der Waals surface area (Å²) in [5.41, 5.74) is 3.90. The van der Waals surface area contributed by atoms with Crippen molar-refractivity contribution in [1.82, 2.24) is 0 Å². The topological polar surface area (TPSA) is 12.0 Å². The van der Waals surface area contributed by atoms with Crippen LogP contribution in [0.1, 0.15) is 11.1 Å². The predicted molar refractivity (Wildman–Crippen MR) is 45.5 cm³/mol. The highest BCUT2D eigenvalue weighted by atomic mass is 14.8. The van der Waals surface area contributed by atoms with Crippen LogP contribution in [-0.4, -0.2) is 7.05 Å². The van der Waals surface area contributed by atoms with E-state index in [-0.39, 0.29) is 0 Å². The Labute approximate surface area is 62.1 Å². The molecular weight excluding hydrogens is 122 g/mol. The zero-order valence-electron chi connectivity index (χ0n) is 6.73. The molecule has 0 radical (unpaired) electrons. The molecule has 0 unspecified atom stereocenters. The van der Waals surface area contributed by atoms with E-state index >= 15 is 0 Å². The van der Waals surface area contributed by atoms with Gasteiger partial charge in [0.05, 0.1) is 0 Å². The first-order valence-electron chi connectivity index (χ1n) is 3.49. The molecule has 1 rings (SSSR count). The van der Waals surface area contributed by atoms with Gasteiger partial charge in [-0.2, -0.15) is 0 Å². The minimum absolute atomic E-state index is 1.22. The lowest BCUT2D eigenvalue weighted by Gasteiger charge is -2.06. The van der Waals surface area contributed by atoms with Crippen molar-refractivity contribution in [3.63, 3.8) is 0 Å². The van der Waals surface area contributed by atoms with E-state index in [0.717, 1.165) is 0 Å². The summed E-state index contributed by atoms with van der Waals surface area (Å²) < 4.78 is 0. The molecule has 0 aromatic heterocycles. The Kier molecular flexibility index (Phi) is 1.95. The standard InChI is InChI=1S/C9H13N/c1-7-5-4-6-9(10-3)8(7)2/h4-6,10H,1-3H3. The van der Waals surface area contributed by atoms with E-state index < -0.39 is 0 Å². The summed E-state index contributed by atoms with van der Waals surface area (Å²) in [7, 11) is 1.95. The molecular formula is C9H13N. The maximum Gasteiger partial charge on any atom is 0.0369 e. The van der Waals surface area contributed by atoms with E-state index in [1.54, 1.807) is 0 Å². The molecule has 1 aromatic carbocycles. The van der Waals surface area contributed by atoms with Crippen LogP contribution in [0.4, 0.5) is 5.69 Å². The van der Waals surface area contributed by atoms with Crippen molar-refractivity contribution in [3.05, 3.63) is 29.3 Å². The van der Waals surface area contributed by atoms with Crippen LogP contribution in [0.2, 0.25) is 0 Å². The molecule has 0 aliphatic carbocycles. The summed E-state index contributed by atoms with van der Waals surface area (Å²) in [6, 6.07) is 6.27. The highest BCUT2D eigenvalue weighted by Crippen LogP contribution is 2.16. The molecule has 0 fully saturated rings. The van der Waals surface area contributed by atoms with Crippen LogP contribution in [0.15, 0.2) is 18.2 Å². The van der Waals surface area contributed by atoms with Gasteiger partial charge in [0.25, 0.3) is 0 Å². The van der Waals surface area contributed by atoms with Gasteiger partial charge in [0, 0.05) is 12.7 Å². The lowest BCUT2D eigenvalue weighted by Crippen LogP contribution is -1.92. The molecule has 54 valence electrons. The minimum atomic E-state index is 1.22. The van der Waals surface area contributed by atoms with Crippen LogP contribution in [0.25, 0.3) is 0 Å². The first-order chi connectivity index (χ1) is 4.75. The smallest absolute Gasteiger partial charge is 0.0369 e. The van der Waals surface area contributed by atoms with Crippen LogP contribution >= 0.6 is 0 Å². The summed E-state index contributed by atoms with van der Waals surface area (Å²) >= 11 is 0. The second-order valence-corrected chi connectivity index (χ2v) is 2.50. The Morgan fingerprint density at radius 2 is 1.90 bits per heavy atom. The molecule has 0 saturated heterocycles. The van der Waals surface area contributed by atoms with Crippen LogP contribution in [0.5, 0.6) is 0 Å². The third kappa shape index (κ3) is 1.13. The number of benzene rings is 1. The Hall–Kier alpha value is -0.980. The van der Waals surface area contributed by atoms with E-state index in [0.29, 0.717) is 0 Å². The molecule has 1 heteroatoms.